The van der Waals surface area contributed by atoms with Gasteiger partial charge in [0.05, 0.1) is 29.1 Å². The van der Waals surface area contributed by atoms with Crippen LogP contribution in [0, 0.1) is 0 Å². The number of benzene rings is 2. The molecule has 1 saturated heterocycles. The minimum absolute atomic E-state index is 0. The van der Waals surface area contributed by atoms with E-state index in [0.717, 1.165) is 36.1 Å². The number of amides is 2. The molecule has 1 aliphatic heterocycles. The summed E-state index contributed by atoms with van der Waals surface area (Å²) < 4.78 is 11.2. The lowest BCUT2D eigenvalue weighted by molar-refractivity contribution is 0.0921. The number of likely N-dealkylation sites (tertiary alicyclic amines) is 1. The average molecular weight is 611 g/mol. The Labute approximate surface area is 250 Å². The normalized spacial score (nSPS) is 13.5. The van der Waals surface area contributed by atoms with Crippen molar-refractivity contribution in [3.63, 3.8) is 0 Å². The standard InChI is InChI=1S/C28H33Cl2N5O4.ClH/c29-22-11-8-20(17-23(22)30)12-16-38-21-9-6-19(7-10-21)18-25-33-27(34-39-25)26(36)24(5-1-2-13-31)32-28(37)35-14-3-4-15-35;/h6-11,17,24H,1-5,12-16,18,31H2,(H,32,37);1H/t24-;/m0./s1. The van der Waals surface area contributed by atoms with Crippen molar-refractivity contribution in [2.45, 2.75) is 51.0 Å². The van der Waals surface area contributed by atoms with Crippen LogP contribution in [0.3, 0.4) is 0 Å². The van der Waals surface area contributed by atoms with Gasteiger partial charge in [-0.05, 0) is 74.0 Å². The molecule has 4 rings (SSSR count). The maximum atomic E-state index is 13.2. The van der Waals surface area contributed by atoms with Crippen molar-refractivity contribution >= 4 is 47.4 Å². The molecule has 1 aliphatic rings. The molecular formula is C28H34Cl3N5O4. The van der Waals surface area contributed by atoms with Crippen molar-refractivity contribution in [1.29, 1.82) is 0 Å². The fourth-order valence-electron chi connectivity index (χ4n) is 4.36. The minimum Gasteiger partial charge on any atom is -0.493 e. The lowest BCUT2D eigenvalue weighted by Crippen LogP contribution is -2.47. The molecule has 1 fully saturated rings. The van der Waals surface area contributed by atoms with Gasteiger partial charge in [0, 0.05) is 19.5 Å². The predicted octanol–water partition coefficient (Wildman–Crippen LogP) is 5.50. The molecule has 3 N–H and O–H groups in total. The van der Waals surface area contributed by atoms with E-state index < -0.39 is 6.04 Å². The van der Waals surface area contributed by atoms with Crippen LogP contribution < -0.4 is 15.8 Å². The number of nitrogens with two attached hydrogens (primary N) is 1. The van der Waals surface area contributed by atoms with Crippen molar-refractivity contribution in [2.24, 2.45) is 5.73 Å². The first-order valence-electron chi connectivity index (χ1n) is 13.2. The number of rotatable bonds is 13. The van der Waals surface area contributed by atoms with Gasteiger partial charge in [-0.15, -0.1) is 12.4 Å². The molecule has 0 bridgehead atoms. The number of carbonyl (C=O) groups excluding carboxylic acids is 2. The molecule has 0 unspecified atom stereocenters. The van der Waals surface area contributed by atoms with E-state index in [1.165, 1.54) is 0 Å². The summed E-state index contributed by atoms with van der Waals surface area (Å²) in [5.74, 6) is 0.652. The first kappa shape index (κ1) is 31.7. The van der Waals surface area contributed by atoms with E-state index >= 15 is 0 Å². The number of unbranched alkanes of at least 4 members (excludes halogenated alkanes) is 1. The van der Waals surface area contributed by atoms with Gasteiger partial charge in [0.2, 0.25) is 17.5 Å². The van der Waals surface area contributed by atoms with Crippen LogP contribution in [-0.4, -0.2) is 59.1 Å². The number of urea groups is 1. The molecule has 1 atom stereocenters. The van der Waals surface area contributed by atoms with Gasteiger partial charge in [-0.1, -0.05) is 46.6 Å². The second-order valence-corrected chi connectivity index (χ2v) is 10.3. The summed E-state index contributed by atoms with van der Waals surface area (Å²) in [5.41, 5.74) is 7.58. The smallest absolute Gasteiger partial charge is 0.317 e. The van der Waals surface area contributed by atoms with Gasteiger partial charge in [0.15, 0.2) is 0 Å². The number of halogens is 3. The maximum Gasteiger partial charge on any atom is 0.317 e. The molecule has 216 valence electrons. The Morgan fingerprint density at radius 3 is 2.48 bits per heavy atom. The zero-order chi connectivity index (χ0) is 27.6. The Morgan fingerprint density at radius 2 is 1.77 bits per heavy atom. The molecule has 1 aromatic heterocycles. The van der Waals surface area contributed by atoms with Crippen LogP contribution in [0.15, 0.2) is 47.0 Å². The van der Waals surface area contributed by atoms with Crippen LogP contribution in [0.4, 0.5) is 4.79 Å². The van der Waals surface area contributed by atoms with E-state index in [4.69, 9.17) is 38.2 Å². The van der Waals surface area contributed by atoms with Crippen molar-refractivity contribution in [2.75, 3.05) is 26.2 Å². The van der Waals surface area contributed by atoms with Crippen LogP contribution in [0.2, 0.25) is 10.0 Å². The lowest BCUT2D eigenvalue weighted by atomic mass is 10.0. The quantitative estimate of drug-likeness (QED) is 0.194. The molecule has 3 aromatic rings. The van der Waals surface area contributed by atoms with Crippen LogP contribution >= 0.6 is 35.6 Å². The van der Waals surface area contributed by atoms with E-state index in [1.54, 1.807) is 11.0 Å². The molecule has 40 heavy (non-hydrogen) atoms. The Balaban J connectivity index is 0.00000441. The number of hydrogen-bond donors (Lipinski definition) is 2. The summed E-state index contributed by atoms with van der Waals surface area (Å²) in [7, 11) is 0. The SMILES string of the molecule is Cl.NCCCC[C@H](NC(=O)N1CCCC1)C(=O)c1noc(Cc2ccc(OCCc3ccc(Cl)c(Cl)c3)cc2)n1. The number of nitrogens with one attached hydrogen (secondary N) is 1. The Morgan fingerprint density at radius 1 is 1.05 bits per heavy atom. The van der Waals surface area contributed by atoms with E-state index in [9.17, 15) is 9.59 Å². The van der Waals surface area contributed by atoms with Gasteiger partial charge < -0.3 is 25.2 Å². The number of ketones is 1. The summed E-state index contributed by atoms with van der Waals surface area (Å²) in [6.07, 6.45) is 4.94. The highest BCUT2D eigenvalue weighted by Gasteiger charge is 2.28. The number of nitrogens with zero attached hydrogens (tertiary/aromatic N) is 3. The molecule has 0 spiro atoms. The second-order valence-electron chi connectivity index (χ2n) is 9.52. The summed E-state index contributed by atoms with van der Waals surface area (Å²) in [4.78, 5) is 31.8. The highest BCUT2D eigenvalue weighted by Crippen LogP contribution is 2.23. The van der Waals surface area contributed by atoms with Crippen molar-refractivity contribution in [3.8, 4) is 5.75 Å². The zero-order valence-electron chi connectivity index (χ0n) is 22.1. The van der Waals surface area contributed by atoms with Crippen molar-refractivity contribution < 1.29 is 18.8 Å². The highest BCUT2D eigenvalue weighted by atomic mass is 35.5. The summed E-state index contributed by atoms with van der Waals surface area (Å²) in [6.45, 7) is 2.41. The fraction of sp³-hybridized carbons (Fsp3) is 0.429. The average Bonchev–Trinajstić information content (AvgIpc) is 3.64. The summed E-state index contributed by atoms with van der Waals surface area (Å²) in [5, 5.41) is 7.81. The van der Waals surface area contributed by atoms with Gasteiger partial charge >= 0.3 is 6.03 Å². The first-order valence-corrected chi connectivity index (χ1v) is 14.0. The van der Waals surface area contributed by atoms with Gasteiger partial charge in [-0.2, -0.15) is 4.98 Å². The number of carbonyl (C=O) groups is 2. The first-order chi connectivity index (χ1) is 18.9. The van der Waals surface area contributed by atoms with Crippen molar-refractivity contribution in [1.82, 2.24) is 20.4 Å². The largest absolute Gasteiger partial charge is 0.493 e. The molecule has 2 amide bonds. The van der Waals surface area contributed by atoms with Crippen LogP contribution in [-0.2, 0) is 12.8 Å². The number of Topliss-reactive ketones (excluding diaryl/α,β-unsaturated/α-hetero) is 1. The van der Waals surface area contributed by atoms with Gasteiger partial charge in [0.1, 0.15) is 5.75 Å². The summed E-state index contributed by atoms with van der Waals surface area (Å²) >= 11 is 12.0. The molecular weight excluding hydrogens is 577 g/mol. The van der Waals surface area contributed by atoms with E-state index in [-0.39, 0.29) is 30.0 Å². The highest BCUT2D eigenvalue weighted by molar-refractivity contribution is 6.42. The Kier molecular flexibility index (Phi) is 12.5. The monoisotopic (exact) mass is 609 g/mol. The lowest BCUT2D eigenvalue weighted by Gasteiger charge is -2.21. The van der Waals surface area contributed by atoms with E-state index in [1.807, 2.05) is 36.4 Å². The molecule has 0 saturated carbocycles. The third-order valence-corrected chi connectivity index (χ3v) is 7.30. The van der Waals surface area contributed by atoms with Crippen molar-refractivity contribution in [3.05, 3.63) is 75.4 Å². The fourth-order valence-corrected chi connectivity index (χ4v) is 4.69. The Bertz CT molecular complexity index is 1250. The molecule has 2 aromatic carbocycles. The third-order valence-electron chi connectivity index (χ3n) is 6.57. The maximum absolute atomic E-state index is 13.2. The van der Waals surface area contributed by atoms with Crippen LogP contribution in [0.1, 0.15) is 59.7 Å². The van der Waals surface area contributed by atoms with E-state index in [0.29, 0.717) is 67.9 Å². The van der Waals surface area contributed by atoms with E-state index in [2.05, 4.69) is 15.5 Å². The molecule has 9 nitrogen and oxygen atoms in total. The van der Waals surface area contributed by atoms with Crippen LogP contribution in [0.5, 0.6) is 5.75 Å². The molecule has 12 heteroatoms. The number of hydrogen-bond acceptors (Lipinski definition) is 7. The predicted molar refractivity (Wildman–Crippen MR) is 157 cm³/mol. The Hall–Kier alpha value is -2.85. The van der Waals surface area contributed by atoms with Crippen LogP contribution in [0.25, 0.3) is 0 Å². The minimum atomic E-state index is -0.726. The number of aromatic nitrogens is 2. The van der Waals surface area contributed by atoms with Gasteiger partial charge in [-0.3, -0.25) is 4.79 Å². The number of ether oxygens (including phenoxy) is 1. The zero-order valence-corrected chi connectivity index (χ0v) is 24.4. The topological polar surface area (TPSA) is 124 Å². The second kappa shape index (κ2) is 15.8. The van der Waals surface area contributed by atoms with Gasteiger partial charge in [0.25, 0.3) is 0 Å². The summed E-state index contributed by atoms with van der Waals surface area (Å²) in [6, 6.07) is 12.1. The van der Waals surface area contributed by atoms with Gasteiger partial charge in [-0.25, -0.2) is 4.79 Å². The third kappa shape index (κ3) is 9.09. The molecule has 0 aliphatic carbocycles. The molecule has 0 radical (unpaired) electrons. The molecule has 2 heterocycles.